The zero-order chi connectivity index (χ0) is 26.1. The van der Waals surface area contributed by atoms with Crippen LogP contribution in [0.4, 0.5) is 22.4 Å². The van der Waals surface area contributed by atoms with Crippen molar-refractivity contribution in [3.63, 3.8) is 0 Å². The van der Waals surface area contributed by atoms with Gasteiger partial charge in [0.15, 0.2) is 0 Å². The molecule has 1 aliphatic heterocycles. The smallest absolute Gasteiger partial charge is 0.444 e. The molecule has 6 nitrogen and oxygen atoms in total. The molecule has 2 aromatic carbocycles. The molecule has 0 bridgehead atoms. The zero-order valence-corrected chi connectivity index (χ0v) is 20.1. The Morgan fingerprint density at radius 1 is 1.03 bits per heavy atom. The van der Waals surface area contributed by atoms with Crippen LogP contribution in [0, 0.1) is 5.82 Å². The van der Waals surface area contributed by atoms with E-state index >= 15 is 0 Å². The van der Waals surface area contributed by atoms with Crippen molar-refractivity contribution >= 4 is 6.09 Å². The lowest BCUT2D eigenvalue weighted by molar-refractivity contribution is -0.274. The van der Waals surface area contributed by atoms with Crippen molar-refractivity contribution in [1.82, 2.24) is 15.1 Å². The third-order valence-electron chi connectivity index (χ3n) is 5.85. The molecular weight excluding hydrogens is 478 g/mol. The molecule has 2 heterocycles. The van der Waals surface area contributed by atoms with Gasteiger partial charge in [-0.2, -0.15) is 5.10 Å². The summed E-state index contributed by atoms with van der Waals surface area (Å²) < 4.78 is 60.9. The van der Waals surface area contributed by atoms with Crippen molar-refractivity contribution in [2.24, 2.45) is 0 Å². The summed E-state index contributed by atoms with van der Waals surface area (Å²) in [4.78, 5) is 14.5. The molecule has 2 unspecified atom stereocenters. The average molecular weight is 506 g/mol. The Morgan fingerprint density at radius 3 is 2.36 bits per heavy atom. The molecular formula is C26H27F4N3O3. The summed E-state index contributed by atoms with van der Waals surface area (Å²) in [5.74, 6) is -1.01. The predicted molar refractivity (Wildman–Crippen MR) is 125 cm³/mol. The van der Waals surface area contributed by atoms with Crippen molar-refractivity contribution in [3.8, 4) is 17.0 Å². The minimum atomic E-state index is -4.77. The largest absolute Gasteiger partial charge is 0.573 e. The van der Waals surface area contributed by atoms with Gasteiger partial charge in [0, 0.05) is 36.2 Å². The molecule has 1 fully saturated rings. The zero-order valence-electron chi connectivity index (χ0n) is 20.1. The topological polar surface area (TPSA) is 67.4 Å². The molecule has 1 aromatic heterocycles. The number of hydrogen-bond acceptors (Lipinski definition) is 4. The minimum Gasteiger partial charge on any atom is -0.444 e. The van der Waals surface area contributed by atoms with Crippen LogP contribution in [-0.4, -0.2) is 46.2 Å². The van der Waals surface area contributed by atoms with E-state index in [1.54, 1.807) is 49.9 Å². The Kier molecular flexibility index (Phi) is 6.97. The Balaban J connectivity index is 1.59. The Bertz CT molecular complexity index is 1200. The van der Waals surface area contributed by atoms with Gasteiger partial charge in [-0.15, -0.1) is 13.2 Å². The number of carbonyl (C=O) groups is 1. The molecule has 2 atom stereocenters. The lowest BCUT2D eigenvalue weighted by Gasteiger charge is -2.38. The van der Waals surface area contributed by atoms with Crippen LogP contribution >= 0.6 is 0 Å². The highest BCUT2D eigenvalue weighted by Gasteiger charge is 2.35. The van der Waals surface area contributed by atoms with Crippen LogP contribution in [0.3, 0.4) is 0 Å². The monoisotopic (exact) mass is 505 g/mol. The summed E-state index contributed by atoms with van der Waals surface area (Å²) in [6, 6.07) is 13.6. The van der Waals surface area contributed by atoms with Crippen LogP contribution in [0.5, 0.6) is 5.75 Å². The highest BCUT2D eigenvalue weighted by molar-refractivity contribution is 5.68. The number of alkyl halides is 3. The van der Waals surface area contributed by atoms with Crippen LogP contribution in [0.2, 0.25) is 0 Å². The van der Waals surface area contributed by atoms with E-state index in [0.29, 0.717) is 30.8 Å². The van der Waals surface area contributed by atoms with E-state index in [2.05, 4.69) is 14.9 Å². The first kappa shape index (κ1) is 25.5. The van der Waals surface area contributed by atoms with Gasteiger partial charge >= 0.3 is 12.5 Å². The molecule has 1 saturated heterocycles. The fourth-order valence-electron chi connectivity index (χ4n) is 4.32. The maximum absolute atomic E-state index is 13.7. The van der Waals surface area contributed by atoms with E-state index in [0.717, 1.165) is 11.3 Å². The summed E-state index contributed by atoms with van der Waals surface area (Å²) >= 11 is 0. The lowest BCUT2D eigenvalue weighted by atomic mass is 9.83. The number of nitrogens with zero attached hydrogens (tertiary/aromatic N) is 2. The SMILES string of the molecule is CC(C)(C)OC(=O)N1CC(c2ccc(OC(F)(F)F)cc2)CC(c2cc(-c3cccc(F)c3)n[nH]2)C1. The highest BCUT2D eigenvalue weighted by atomic mass is 19.4. The maximum Gasteiger partial charge on any atom is 0.573 e. The molecule has 1 aliphatic rings. The van der Waals surface area contributed by atoms with Crippen LogP contribution < -0.4 is 4.74 Å². The molecule has 4 rings (SSSR count). The first-order valence-corrected chi connectivity index (χ1v) is 11.5. The first-order chi connectivity index (χ1) is 16.9. The van der Waals surface area contributed by atoms with Crippen molar-refractivity contribution in [2.75, 3.05) is 13.1 Å². The van der Waals surface area contributed by atoms with E-state index in [1.807, 2.05) is 6.07 Å². The Hall–Kier alpha value is -3.56. The van der Waals surface area contributed by atoms with E-state index in [-0.39, 0.29) is 23.4 Å². The summed E-state index contributed by atoms with van der Waals surface area (Å²) in [7, 11) is 0. The number of carbonyl (C=O) groups excluding carboxylic acids is 1. The summed E-state index contributed by atoms with van der Waals surface area (Å²) in [6.45, 7) is 6.05. The molecule has 0 aliphatic carbocycles. The van der Waals surface area contributed by atoms with Gasteiger partial charge in [-0.1, -0.05) is 24.3 Å². The fraction of sp³-hybridized carbons (Fsp3) is 0.385. The summed E-state index contributed by atoms with van der Waals surface area (Å²) in [6.07, 6.45) is -4.63. The van der Waals surface area contributed by atoms with Crippen LogP contribution in [0.1, 0.15) is 50.3 Å². The van der Waals surface area contributed by atoms with Gasteiger partial charge in [-0.25, -0.2) is 9.18 Å². The number of halogens is 4. The molecule has 1 N–H and O–H groups in total. The summed E-state index contributed by atoms with van der Waals surface area (Å²) in [5, 5.41) is 7.34. The van der Waals surface area contributed by atoms with E-state index in [4.69, 9.17) is 4.74 Å². The second-order valence-electron chi connectivity index (χ2n) is 9.85. The molecule has 192 valence electrons. The Morgan fingerprint density at radius 2 is 1.72 bits per heavy atom. The molecule has 3 aromatic rings. The second-order valence-corrected chi connectivity index (χ2v) is 9.85. The predicted octanol–water partition coefficient (Wildman–Crippen LogP) is 6.62. The van der Waals surface area contributed by atoms with Crippen LogP contribution in [0.15, 0.2) is 54.6 Å². The normalized spacial score (nSPS) is 18.7. The van der Waals surface area contributed by atoms with Gasteiger partial charge in [0.05, 0.1) is 5.69 Å². The van der Waals surface area contributed by atoms with Gasteiger partial charge in [0.2, 0.25) is 0 Å². The number of likely N-dealkylation sites (tertiary alicyclic amines) is 1. The number of amides is 1. The maximum atomic E-state index is 13.7. The standard InChI is InChI=1S/C26H27F4N3O3/c1-25(2,3)36-24(34)33-14-18(16-7-9-21(10-8-16)35-26(28,29)30)11-19(15-33)23-13-22(31-32-23)17-5-4-6-20(27)12-17/h4-10,12-13,18-19H,11,14-15H2,1-3H3,(H,31,32). The van der Waals surface area contributed by atoms with Crippen LogP contribution in [0.25, 0.3) is 11.3 Å². The van der Waals surface area contributed by atoms with Gasteiger partial charge < -0.3 is 14.4 Å². The second kappa shape index (κ2) is 9.83. The average Bonchev–Trinajstić information content (AvgIpc) is 3.28. The number of aromatic amines is 1. The van der Waals surface area contributed by atoms with Gasteiger partial charge in [-0.05, 0) is 63.1 Å². The fourth-order valence-corrected chi connectivity index (χ4v) is 4.32. The molecule has 36 heavy (non-hydrogen) atoms. The first-order valence-electron chi connectivity index (χ1n) is 11.5. The third-order valence-corrected chi connectivity index (χ3v) is 5.85. The number of nitrogens with one attached hydrogen (secondary N) is 1. The third kappa shape index (κ3) is 6.56. The number of H-pyrrole nitrogens is 1. The van der Waals surface area contributed by atoms with E-state index < -0.39 is 18.1 Å². The summed E-state index contributed by atoms with van der Waals surface area (Å²) in [5.41, 5.74) is 2.05. The van der Waals surface area contributed by atoms with E-state index in [9.17, 15) is 22.4 Å². The molecule has 0 radical (unpaired) electrons. The highest BCUT2D eigenvalue weighted by Crippen LogP contribution is 2.37. The van der Waals surface area contributed by atoms with Gasteiger partial charge in [0.1, 0.15) is 17.2 Å². The number of hydrogen-bond donors (Lipinski definition) is 1. The minimum absolute atomic E-state index is 0.155. The number of aromatic nitrogens is 2. The van der Waals surface area contributed by atoms with Crippen molar-refractivity contribution < 1.29 is 31.8 Å². The van der Waals surface area contributed by atoms with Crippen molar-refractivity contribution in [3.05, 3.63) is 71.7 Å². The molecule has 10 heteroatoms. The van der Waals surface area contributed by atoms with Crippen LogP contribution in [-0.2, 0) is 4.74 Å². The number of ether oxygens (including phenoxy) is 2. The van der Waals surface area contributed by atoms with Crippen molar-refractivity contribution in [1.29, 1.82) is 0 Å². The Labute approximate surface area is 206 Å². The number of rotatable bonds is 4. The quantitative estimate of drug-likeness (QED) is 0.405. The number of piperidine rings is 1. The van der Waals surface area contributed by atoms with Gasteiger partial charge in [-0.3, -0.25) is 5.10 Å². The molecule has 1 amide bonds. The molecule has 0 spiro atoms. The van der Waals surface area contributed by atoms with Gasteiger partial charge in [0.25, 0.3) is 0 Å². The van der Waals surface area contributed by atoms with E-state index in [1.165, 1.54) is 24.3 Å². The number of benzene rings is 2. The van der Waals surface area contributed by atoms with Crippen molar-refractivity contribution in [2.45, 2.75) is 51.0 Å². The molecule has 0 saturated carbocycles. The lowest BCUT2D eigenvalue weighted by Crippen LogP contribution is -2.45.